The lowest BCUT2D eigenvalue weighted by atomic mass is 10.0. The normalized spacial score (nSPS) is 12.1. The van der Waals surface area contributed by atoms with E-state index in [-0.39, 0.29) is 10.6 Å². The molecule has 0 aliphatic rings. The SMILES string of the molecule is COc1ccc(C(Br)c2ccc(Br)cc2OC)c(F)c1. The molecule has 0 saturated carbocycles. The highest BCUT2D eigenvalue weighted by Crippen LogP contribution is 2.39. The first kappa shape index (κ1) is 15.3. The summed E-state index contributed by atoms with van der Waals surface area (Å²) in [5.41, 5.74) is 1.39. The summed E-state index contributed by atoms with van der Waals surface area (Å²) in [6.45, 7) is 0. The number of methoxy groups -OCH3 is 2. The van der Waals surface area contributed by atoms with E-state index in [0.717, 1.165) is 10.0 Å². The zero-order valence-corrected chi connectivity index (χ0v) is 14.2. The molecule has 0 heterocycles. The Bertz CT molecular complexity index is 617. The highest BCUT2D eigenvalue weighted by atomic mass is 79.9. The Morgan fingerprint density at radius 2 is 1.70 bits per heavy atom. The van der Waals surface area contributed by atoms with Crippen LogP contribution in [0.2, 0.25) is 0 Å². The van der Waals surface area contributed by atoms with Gasteiger partial charge in [-0.15, -0.1) is 0 Å². The van der Waals surface area contributed by atoms with Crippen LogP contribution in [-0.4, -0.2) is 14.2 Å². The minimum Gasteiger partial charge on any atom is -0.497 e. The van der Waals surface area contributed by atoms with Gasteiger partial charge in [-0.2, -0.15) is 0 Å². The average Bonchev–Trinajstić information content (AvgIpc) is 2.46. The van der Waals surface area contributed by atoms with Crippen molar-refractivity contribution in [1.82, 2.24) is 0 Å². The molecule has 0 amide bonds. The van der Waals surface area contributed by atoms with Gasteiger partial charge in [0.25, 0.3) is 0 Å². The number of ether oxygens (including phenoxy) is 2. The molecule has 0 aliphatic heterocycles. The largest absolute Gasteiger partial charge is 0.497 e. The predicted molar refractivity (Wildman–Crippen MR) is 84.4 cm³/mol. The smallest absolute Gasteiger partial charge is 0.131 e. The van der Waals surface area contributed by atoms with Gasteiger partial charge in [0.05, 0.1) is 19.0 Å². The van der Waals surface area contributed by atoms with E-state index in [1.54, 1.807) is 19.2 Å². The van der Waals surface area contributed by atoms with Gasteiger partial charge >= 0.3 is 0 Å². The lowest BCUT2D eigenvalue weighted by Crippen LogP contribution is -2.00. The molecule has 5 heteroatoms. The van der Waals surface area contributed by atoms with Gasteiger partial charge in [0.2, 0.25) is 0 Å². The second-order valence-corrected chi connectivity index (χ2v) is 5.97. The summed E-state index contributed by atoms with van der Waals surface area (Å²) in [4.78, 5) is -0.295. The van der Waals surface area contributed by atoms with Gasteiger partial charge in [0.15, 0.2) is 0 Å². The van der Waals surface area contributed by atoms with Crippen LogP contribution in [0.5, 0.6) is 11.5 Å². The zero-order valence-electron chi connectivity index (χ0n) is 11.0. The quantitative estimate of drug-likeness (QED) is 0.662. The van der Waals surface area contributed by atoms with Crippen LogP contribution in [0.4, 0.5) is 4.39 Å². The molecule has 106 valence electrons. The predicted octanol–water partition coefficient (Wildman–Crippen LogP) is 5.09. The van der Waals surface area contributed by atoms with Crippen molar-refractivity contribution in [3.8, 4) is 11.5 Å². The van der Waals surface area contributed by atoms with Crippen LogP contribution in [0.3, 0.4) is 0 Å². The number of benzene rings is 2. The van der Waals surface area contributed by atoms with Gasteiger partial charge < -0.3 is 9.47 Å². The Kier molecular flexibility index (Phi) is 5.05. The van der Waals surface area contributed by atoms with E-state index >= 15 is 0 Å². The van der Waals surface area contributed by atoms with Crippen LogP contribution < -0.4 is 9.47 Å². The van der Waals surface area contributed by atoms with E-state index < -0.39 is 0 Å². The van der Waals surface area contributed by atoms with Crippen LogP contribution in [-0.2, 0) is 0 Å². The molecule has 0 bridgehead atoms. The van der Waals surface area contributed by atoms with Crippen molar-refractivity contribution in [3.05, 3.63) is 57.8 Å². The van der Waals surface area contributed by atoms with E-state index in [0.29, 0.717) is 17.1 Å². The molecule has 2 rings (SSSR count). The fourth-order valence-corrected chi connectivity index (χ4v) is 2.99. The summed E-state index contributed by atoms with van der Waals surface area (Å²) in [6, 6.07) is 10.5. The van der Waals surface area contributed by atoms with Crippen LogP contribution in [0.15, 0.2) is 40.9 Å². The zero-order chi connectivity index (χ0) is 14.7. The molecular formula is C15H13Br2FO2. The van der Waals surface area contributed by atoms with E-state index in [1.165, 1.54) is 13.2 Å². The Balaban J connectivity index is 2.43. The molecule has 0 saturated heterocycles. The molecule has 1 unspecified atom stereocenters. The van der Waals surface area contributed by atoms with Crippen LogP contribution >= 0.6 is 31.9 Å². The summed E-state index contributed by atoms with van der Waals surface area (Å²) in [6.07, 6.45) is 0. The molecular weight excluding hydrogens is 391 g/mol. The minimum atomic E-state index is -0.323. The molecule has 0 spiro atoms. The third kappa shape index (κ3) is 3.15. The third-order valence-corrected chi connectivity index (χ3v) is 4.43. The molecule has 0 fully saturated rings. The van der Waals surface area contributed by atoms with E-state index in [4.69, 9.17) is 9.47 Å². The molecule has 20 heavy (non-hydrogen) atoms. The number of hydrogen-bond donors (Lipinski definition) is 0. The Labute approximate surface area is 134 Å². The number of halogens is 3. The number of alkyl halides is 1. The fraction of sp³-hybridized carbons (Fsp3) is 0.200. The standard InChI is InChI=1S/C15H13Br2FO2/c1-19-10-4-6-11(13(18)8-10)15(17)12-5-3-9(16)7-14(12)20-2/h3-8,15H,1-2H3. The van der Waals surface area contributed by atoms with Crippen molar-refractivity contribution in [2.24, 2.45) is 0 Å². The molecule has 0 N–H and O–H groups in total. The van der Waals surface area contributed by atoms with Gasteiger partial charge in [0, 0.05) is 21.7 Å². The molecule has 0 aromatic heterocycles. The molecule has 2 aromatic carbocycles. The summed E-state index contributed by atoms with van der Waals surface area (Å²) in [5, 5.41) is 0. The van der Waals surface area contributed by atoms with E-state index in [2.05, 4.69) is 31.9 Å². The highest BCUT2D eigenvalue weighted by Gasteiger charge is 2.19. The molecule has 2 nitrogen and oxygen atoms in total. The molecule has 0 radical (unpaired) electrons. The maximum absolute atomic E-state index is 14.1. The summed E-state index contributed by atoms with van der Waals surface area (Å²) in [5.74, 6) is 0.862. The van der Waals surface area contributed by atoms with Crippen LogP contribution in [0.25, 0.3) is 0 Å². The van der Waals surface area contributed by atoms with Gasteiger partial charge in [-0.3, -0.25) is 0 Å². The Morgan fingerprint density at radius 3 is 2.30 bits per heavy atom. The van der Waals surface area contributed by atoms with Gasteiger partial charge in [0.1, 0.15) is 17.3 Å². The Hall–Kier alpha value is -1.07. The summed E-state index contributed by atoms with van der Waals surface area (Å²) >= 11 is 6.92. The van der Waals surface area contributed by atoms with Crippen molar-refractivity contribution in [2.75, 3.05) is 14.2 Å². The molecule has 1 atom stereocenters. The fourth-order valence-electron chi connectivity index (χ4n) is 1.90. The van der Waals surface area contributed by atoms with E-state index in [1.807, 2.05) is 18.2 Å². The number of hydrogen-bond acceptors (Lipinski definition) is 2. The first-order valence-corrected chi connectivity index (χ1v) is 7.58. The highest BCUT2D eigenvalue weighted by molar-refractivity contribution is 9.10. The maximum Gasteiger partial charge on any atom is 0.131 e. The van der Waals surface area contributed by atoms with Crippen molar-refractivity contribution in [3.63, 3.8) is 0 Å². The lowest BCUT2D eigenvalue weighted by Gasteiger charge is -2.16. The molecule has 0 aliphatic carbocycles. The van der Waals surface area contributed by atoms with Crippen LogP contribution in [0, 0.1) is 5.82 Å². The topological polar surface area (TPSA) is 18.5 Å². The van der Waals surface area contributed by atoms with Crippen molar-refractivity contribution in [1.29, 1.82) is 0 Å². The van der Waals surface area contributed by atoms with Gasteiger partial charge in [-0.1, -0.05) is 44.0 Å². The first-order chi connectivity index (χ1) is 9.56. The first-order valence-electron chi connectivity index (χ1n) is 5.87. The van der Waals surface area contributed by atoms with Crippen molar-refractivity contribution in [2.45, 2.75) is 4.83 Å². The van der Waals surface area contributed by atoms with E-state index in [9.17, 15) is 4.39 Å². The van der Waals surface area contributed by atoms with Gasteiger partial charge in [-0.05, 0) is 18.2 Å². The summed E-state index contributed by atoms with van der Waals surface area (Å²) < 4.78 is 25.4. The molecule has 2 aromatic rings. The average molecular weight is 404 g/mol. The second kappa shape index (κ2) is 6.59. The van der Waals surface area contributed by atoms with Crippen LogP contribution in [0.1, 0.15) is 16.0 Å². The van der Waals surface area contributed by atoms with Crippen molar-refractivity contribution >= 4 is 31.9 Å². The Morgan fingerprint density at radius 1 is 1.00 bits per heavy atom. The lowest BCUT2D eigenvalue weighted by molar-refractivity contribution is 0.408. The van der Waals surface area contributed by atoms with Crippen molar-refractivity contribution < 1.29 is 13.9 Å². The third-order valence-electron chi connectivity index (χ3n) is 2.95. The minimum absolute atomic E-state index is 0.295. The summed E-state index contributed by atoms with van der Waals surface area (Å²) in [7, 11) is 3.10. The maximum atomic E-state index is 14.1. The van der Waals surface area contributed by atoms with Gasteiger partial charge in [-0.25, -0.2) is 4.39 Å². The number of rotatable bonds is 4. The monoisotopic (exact) mass is 402 g/mol. The second-order valence-electron chi connectivity index (χ2n) is 4.14.